The Balaban J connectivity index is 0.00000289. The fourth-order valence-corrected chi connectivity index (χ4v) is 6.17. The van der Waals surface area contributed by atoms with Gasteiger partial charge in [0.2, 0.25) is 11.8 Å². The van der Waals surface area contributed by atoms with Crippen LogP contribution >= 0.6 is 12.4 Å². The van der Waals surface area contributed by atoms with E-state index >= 15 is 0 Å². The molecule has 3 N–H and O–H groups in total. The van der Waals surface area contributed by atoms with Gasteiger partial charge in [0.25, 0.3) is 0 Å². The third-order valence-electron chi connectivity index (χ3n) is 8.32. The second-order valence-electron chi connectivity index (χ2n) is 10.5. The molecule has 2 saturated heterocycles. The normalized spacial score (nSPS) is 34.6. The third kappa shape index (κ3) is 4.56. The van der Waals surface area contributed by atoms with Crippen molar-refractivity contribution in [1.29, 1.82) is 0 Å². The van der Waals surface area contributed by atoms with Crippen LogP contribution in [0.4, 0.5) is 0 Å². The number of carbonyl (C=O) groups excluding carboxylic acids is 2. The van der Waals surface area contributed by atoms with Gasteiger partial charge in [-0.1, -0.05) is 27.2 Å². The zero-order chi connectivity index (χ0) is 22.4. The van der Waals surface area contributed by atoms with Crippen molar-refractivity contribution >= 4 is 31.3 Å². The van der Waals surface area contributed by atoms with Gasteiger partial charge in [0.05, 0.1) is 43.3 Å². The summed E-state index contributed by atoms with van der Waals surface area (Å²) in [6, 6.07) is -0.888. The van der Waals surface area contributed by atoms with Crippen LogP contribution in [0, 0.1) is 17.3 Å². The van der Waals surface area contributed by atoms with Crippen LogP contribution in [0.2, 0.25) is 0 Å². The summed E-state index contributed by atoms with van der Waals surface area (Å²) in [7, 11) is -0.476. The largest absolute Gasteiger partial charge is 0.481 e. The average Bonchev–Trinajstić information content (AvgIpc) is 3.10. The molecule has 1 unspecified atom stereocenters. The Labute approximate surface area is 198 Å². The Morgan fingerprint density at radius 1 is 1.22 bits per heavy atom. The number of amides is 2. The van der Waals surface area contributed by atoms with Crippen LogP contribution in [0.3, 0.4) is 0 Å². The van der Waals surface area contributed by atoms with Gasteiger partial charge in [0.1, 0.15) is 0 Å². The van der Waals surface area contributed by atoms with E-state index in [1.165, 1.54) is 6.42 Å². The minimum Gasteiger partial charge on any atom is -0.404 e. The number of nitrogens with one attached hydrogen (secondary N) is 1. The molecule has 2 bridgehead atoms. The fourth-order valence-electron chi connectivity index (χ4n) is 6.17. The smallest absolute Gasteiger partial charge is 0.404 e. The zero-order valence-corrected chi connectivity index (χ0v) is 20.6. The van der Waals surface area contributed by atoms with E-state index < -0.39 is 13.2 Å². The molecule has 0 aromatic rings. The number of rotatable bonds is 7. The molecule has 2 heterocycles. The summed E-state index contributed by atoms with van der Waals surface area (Å²) in [4.78, 5) is 27.0. The number of ether oxygens (including phenoxy) is 1. The molecule has 0 aromatic heterocycles. The number of nitrogens with zero attached hydrogens (tertiary/aromatic N) is 1. The summed E-state index contributed by atoms with van der Waals surface area (Å²) in [6.07, 6.45) is 3.89. The number of carbonyl (C=O) groups is 2. The van der Waals surface area contributed by atoms with Crippen molar-refractivity contribution in [2.45, 2.75) is 83.5 Å². The number of halogens is 1. The molecule has 32 heavy (non-hydrogen) atoms. The first-order valence-electron chi connectivity index (χ1n) is 11.9. The van der Waals surface area contributed by atoms with Crippen molar-refractivity contribution in [1.82, 2.24) is 10.2 Å². The number of morpholine rings is 1. The van der Waals surface area contributed by atoms with Gasteiger partial charge in [0, 0.05) is 13.1 Å². The van der Waals surface area contributed by atoms with Crippen molar-refractivity contribution in [2.24, 2.45) is 23.0 Å². The van der Waals surface area contributed by atoms with E-state index in [2.05, 4.69) is 33.0 Å². The third-order valence-corrected chi connectivity index (χ3v) is 8.32. The lowest BCUT2D eigenvalue weighted by Gasteiger charge is -2.64. The predicted octanol–water partition coefficient (Wildman–Crippen LogP) is 1.54. The maximum Gasteiger partial charge on any atom is 0.481 e. The topological polar surface area (TPSA) is 103 Å². The summed E-state index contributed by atoms with van der Waals surface area (Å²) in [5, 5.41) is 3.03. The first-order valence-corrected chi connectivity index (χ1v) is 11.9. The van der Waals surface area contributed by atoms with Crippen LogP contribution in [-0.4, -0.2) is 73.8 Å². The van der Waals surface area contributed by atoms with E-state index in [0.29, 0.717) is 38.1 Å². The van der Waals surface area contributed by atoms with Gasteiger partial charge >= 0.3 is 7.12 Å². The van der Waals surface area contributed by atoms with Gasteiger partial charge in [-0.25, -0.2) is 0 Å². The molecule has 0 aromatic carbocycles. The SMILES string of the molecule is CCC[C@H](NC(=O)C(N)CC(=O)N1CCOCC1)B1O[C@@H]2C[C@@H]3C[C@@H](C3(C)C)[C@]2(C)O1.Cl. The van der Waals surface area contributed by atoms with Crippen molar-refractivity contribution < 1.29 is 23.6 Å². The highest BCUT2D eigenvalue weighted by molar-refractivity contribution is 6.47. The van der Waals surface area contributed by atoms with Crippen LogP contribution in [0.15, 0.2) is 0 Å². The van der Waals surface area contributed by atoms with Crippen molar-refractivity contribution in [2.75, 3.05) is 26.3 Å². The van der Waals surface area contributed by atoms with Gasteiger partial charge in [-0.05, 0) is 43.4 Å². The Morgan fingerprint density at radius 3 is 2.53 bits per heavy atom. The second-order valence-corrected chi connectivity index (χ2v) is 10.5. The average molecular weight is 472 g/mol. The van der Waals surface area contributed by atoms with Crippen LogP contribution in [0.5, 0.6) is 0 Å². The van der Waals surface area contributed by atoms with E-state index in [4.69, 9.17) is 19.8 Å². The monoisotopic (exact) mass is 471 g/mol. The minimum absolute atomic E-state index is 0. The number of hydrogen-bond acceptors (Lipinski definition) is 6. The van der Waals surface area contributed by atoms with Crippen molar-refractivity contribution in [3.05, 3.63) is 0 Å². The highest BCUT2D eigenvalue weighted by Crippen LogP contribution is 2.65. The molecule has 5 rings (SSSR count). The maximum atomic E-state index is 12.8. The lowest BCUT2D eigenvalue weighted by molar-refractivity contribution is -0.199. The summed E-state index contributed by atoms with van der Waals surface area (Å²) in [6.45, 7) is 11.1. The standard InChI is InChI=1S/C22H38BN3O5.ClH/c1-5-6-18(25-20(28)15(24)13-19(27)26-7-9-29-10-8-26)23-30-17-12-14-11-16(21(14,2)3)22(17,4)31-23;/h14-18H,5-13,24H2,1-4H3,(H,25,28);1H/t14-,15?,16-,17+,18-,22-;/m0./s1. The molecule has 5 fully saturated rings. The van der Waals surface area contributed by atoms with Gasteiger partial charge in [-0.3, -0.25) is 9.59 Å². The number of nitrogens with two attached hydrogens (primary N) is 1. The Bertz CT molecular complexity index is 707. The molecule has 10 heteroatoms. The zero-order valence-electron chi connectivity index (χ0n) is 19.8. The van der Waals surface area contributed by atoms with Gasteiger partial charge < -0.3 is 30.0 Å². The Morgan fingerprint density at radius 2 is 1.91 bits per heavy atom. The van der Waals surface area contributed by atoms with Gasteiger partial charge in [-0.15, -0.1) is 12.4 Å². The van der Waals surface area contributed by atoms with Gasteiger partial charge in [-0.2, -0.15) is 0 Å². The van der Waals surface area contributed by atoms with Crippen LogP contribution in [-0.2, 0) is 23.6 Å². The molecule has 0 radical (unpaired) electrons. The highest BCUT2D eigenvalue weighted by Gasteiger charge is 2.68. The molecule has 3 aliphatic carbocycles. The molecule has 0 spiro atoms. The predicted molar refractivity (Wildman–Crippen MR) is 124 cm³/mol. The Hall–Kier alpha value is -0.865. The fraction of sp³-hybridized carbons (Fsp3) is 0.909. The van der Waals surface area contributed by atoms with Crippen LogP contribution in [0.25, 0.3) is 0 Å². The Kier molecular flexibility index (Phi) is 7.87. The van der Waals surface area contributed by atoms with Crippen molar-refractivity contribution in [3.8, 4) is 0 Å². The van der Waals surface area contributed by atoms with Crippen LogP contribution < -0.4 is 11.1 Å². The van der Waals surface area contributed by atoms with E-state index in [-0.39, 0.29) is 53.7 Å². The second kappa shape index (κ2) is 9.78. The summed E-state index contributed by atoms with van der Waals surface area (Å²) in [5.41, 5.74) is 6.06. The van der Waals surface area contributed by atoms with Crippen molar-refractivity contribution in [3.63, 3.8) is 0 Å². The molecule has 2 amide bonds. The lowest BCUT2D eigenvalue weighted by atomic mass is 9.43. The van der Waals surface area contributed by atoms with Gasteiger partial charge in [0.15, 0.2) is 0 Å². The first kappa shape index (κ1) is 25.8. The minimum atomic E-state index is -0.888. The molecule has 3 saturated carbocycles. The van der Waals surface area contributed by atoms with E-state index in [9.17, 15) is 9.59 Å². The molecule has 2 aliphatic heterocycles. The maximum absolute atomic E-state index is 12.8. The highest BCUT2D eigenvalue weighted by atomic mass is 35.5. The molecule has 5 aliphatic rings. The molecular weight excluding hydrogens is 433 g/mol. The molecule has 182 valence electrons. The van der Waals surface area contributed by atoms with E-state index in [1.54, 1.807) is 4.90 Å². The molecule has 8 nitrogen and oxygen atoms in total. The lowest BCUT2D eigenvalue weighted by Crippen LogP contribution is -2.65. The number of hydrogen-bond donors (Lipinski definition) is 2. The first-order chi connectivity index (χ1) is 14.7. The molecule has 6 atom stereocenters. The quantitative estimate of drug-likeness (QED) is 0.546. The van der Waals surface area contributed by atoms with E-state index in [0.717, 1.165) is 19.3 Å². The van der Waals surface area contributed by atoms with Crippen LogP contribution in [0.1, 0.15) is 59.8 Å². The summed E-state index contributed by atoms with van der Waals surface area (Å²) in [5.74, 6) is 0.450. The summed E-state index contributed by atoms with van der Waals surface area (Å²) < 4.78 is 18.2. The molecular formula is C22H39BClN3O5. The summed E-state index contributed by atoms with van der Waals surface area (Å²) >= 11 is 0. The van der Waals surface area contributed by atoms with E-state index in [1.807, 2.05) is 0 Å².